The summed E-state index contributed by atoms with van der Waals surface area (Å²) in [5, 5.41) is 4.61. The highest BCUT2D eigenvalue weighted by atomic mass is 16.5. The number of aromatic nitrogens is 2. The van der Waals surface area contributed by atoms with Crippen LogP contribution >= 0.6 is 0 Å². The van der Waals surface area contributed by atoms with Crippen LogP contribution in [-0.2, 0) is 18.2 Å². The summed E-state index contributed by atoms with van der Waals surface area (Å²) in [5.41, 5.74) is 8.39. The zero-order valence-electron chi connectivity index (χ0n) is 13.4. The van der Waals surface area contributed by atoms with Crippen LogP contribution in [0.25, 0.3) is 0 Å². The van der Waals surface area contributed by atoms with Crippen LogP contribution < -0.4 is 10.6 Å². The maximum absolute atomic E-state index is 6.02. The second kappa shape index (κ2) is 6.14. The fourth-order valence-corrected chi connectivity index (χ4v) is 3.05. The van der Waals surface area contributed by atoms with Crippen molar-refractivity contribution in [2.24, 2.45) is 12.8 Å². The van der Waals surface area contributed by atoms with E-state index >= 15 is 0 Å². The number of morpholine rings is 1. The van der Waals surface area contributed by atoms with Crippen LogP contribution in [0, 0.1) is 6.92 Å². The molecule has 3 unspecified atom stereocenters. The van der Waals surface area contributed by atoms with Gasteiger partial charge in [-0.1, -0.05) is 6.92 Å². The summed E-state index contributed by atoms with van der Waals surface area (Å²) in [6.07, 6.45) is 2.21. The standard InChI is InChI=1S/C15H28N4O/c1-6-13-9-20-11(3)8-19(13)15-14(7-10(2)16)12(4)17-18(15)5/h10-11,13H,6-9,16H2,1-5H3. The van der Waals surface area contributed by atoms with Gasteiger partial charge in [-0.25, -0.2) is 0 Å². The van der Waals surface area contributed by atoms with Gasteiger partial charge in [0.2, 0.25) is 0 Å². The van der Waals surface area contributed by atoms with E-state index in [2.05, 4.69) is 37.7 Å². The Hall–Kier alpha value is -1.07. The molecule has 5 heteroatoms. The average Bonchev–Trinajstić information content (AvgIpc) is 2.63. The molecule has 0 aliphatic carbocycles. The topological polar surface area (TPSA) is 56.3 Å². The minimum atomic E-state index is 0.148. The fourth-order valence-electron chi connectivity index (χ4n) is 3.05. The third-order valence-corrected chi connectivity index (χ3v) is 4.05. The summed E-state index contributed by atoms with van der Waals surface area (Å²) in [5.74, 6) is 1.22. The monoisotopic (exact) mass is 280 g/mol. The Labute approximate surface area is 122 Å². The van der Waals surface area contributed by atoms with Crippen LogP contribution in [-0.4, -0.2) is 41.1 Å². The Morgan fingerprint density at radius 2 is 2.20 bits per heavy atom. The van der Waals surface area contributed by atoms with Crippen molar-refractivity contribution in [2.75, 3.05) is 18.1 Å². The molecule has 1 saturated heterocycles. The third-order valence-electron chi connectivity index (χ3n) is 4.05. The fraction of sp³-hybridized carbons (Fsp3) is 0.800. The summed E-state index contributed by atoms with van der Waals surface area (Å²) in [7, 11) is 2.03. The average molecular weight is 280 g/mol. The number of nitrogens with zero attached hydrogens (tertiary/aromatic N) is 3. The van der Waals surface area contributed by atoms with Crippen molar-refractivity contribution in [3.63, 3.8) is 0 Å². The molecule has 2 rings (SSSR count). The molecule has 3 atom stereocenters. The molecular weight excluding hydrogens is 252 g/mol. The first kappa shape index (κ1) is 15.3. The molecule has 114 valence electrons. The number of hydrogen-bond acceptors (Lipinski definition) is 4. The molecule has 1 aromatic heterocycles. The minimum Gasteiger partial charge on any atom is -0.375 e. The van der Waals surface area contributed by atoms with Crippen molar-refractivity contribution in [3.8, 4) is 0 Å². The highest BCUT2D eigenvalue weighted by Crippen LogP contribution is 2.29. The normalized spacial score (nSPS) is 25.0. The molecule has 0 spiro atoms. The maximum Gasteiger partial charge on any atom is 0.130 e. The lowest BCUT2D eigenvalue weighted by atomic mass is 10.0. The quantitative estimate of drug-likeness (QED) is 0.910. The van der Waals surface area contributed by atoms with Crippen LogP contribution in [0.3, 0.4) is 0 Å². The molecule has 1 fully saturated rings. The zero-order valence-corrected chi connectivity index (χ0v) is 13.4. The first-order valence-electron chi connectivity index (χ1n) is 7.60. The van der Waals surface area contributed by atoms with Gasteiger partial charge < -0.3 is 15.4 Å². The van der Waals surface area contributed by atoms with Crippen molar-refractivity contribution in [1.82, 2.24) is 9.78 Å². The van der Waals surface area contributed by atoms with Gasteiger partial charge in [0.05, 0.1) is 24.4 Å². The molecule has 20 heavy (non-hydrogen) atoms. The molecule has 1 aromatic rings. The summed E-state index contributed by atoms with van der Waals surface area (Å²) >= 11 is 0. The highest BCUT2D eigenvalue weighted by Gasteiger charge is 2.30. The number of anilines is 1. The molecule has 2 heterocycles. The predicted molar refractivity (Wildman–Crippen MR) is 82.1 cm³/mol. The van der Waals surface area contributed by atoms with E-state index in [4.69, 9.17) is 10.5 Å². The maximum atomic E-state index is 6.02. The Morgan fingerprint density at radius 1 is 1.50 bits per heavy atom. The molecule has 0 amide bonds. The van der Waals surface area contributed by atoms with Gasteiger partial charge in [-0.3, -0.25) is 4.68 Å². The summed E-state index contributed by atoms with van der Waals surface area (Å²) in [4.78, 5) is 2.46. The van der Waals surface area contributed by atoms with E-state index in [1.165, 1.54) is 11.4 Å². The number of hydrogen-bond donors (Lipinski definition) is 1. The van der Waals surface area contributed by atoms with E-state index < -0.39 is 0 Å². The highest BCUT2D eigenvalue weighted by molar-refractivity contribution is 5.52. The molecule has 0 saturated carbocycles. The molecule has 0 bridgehead atoms. The van der Waals surface area contributed by atoms with E-state index in [-0.39, 0.29) is 12.1 Å². The second-order valence-electron chi connectivity index (χ2n) is 6.05. The van der Waals surface area contributed by atoms with Gasteiger partial charge in [-0.05, 0) is 33.6 Å². The van der Waals surface area contributed by atoms with Crippen LogP contribution in [0.5, 0.6) is 0 Å². The smallest absolute Gasteiger partial charge is 0.130 e. The van der Waals surface area contributed by atoms with Crippen molar-refractivity contribution >= 4 is 5.82 Å². The molecule has 0 aromatic carbocycles. The number of aryl methyl sites for hydroxylation is 2. The Kier molecular flexibility index (Phi) is 4.70. The van der Waals surface area contributed by atoms with Gasteiger partial charge in [0.15, 0.2) is 0 Å². The van der Waals surface area contributed by atoms with E-state index in [0.29, 0.717) is 6.04 Å². The third kappa shape index (κ3) is 2.99. The number of nitrogens with two attached hydrogens (primary N) is 1. The van der Waals surface area contributed by atoms with Crippen molar-refractivity contribution in [2.45, 2.75) is 58.7 Å². The summed E-state index contributed by atoms with van der Waals surface area (Å²) < 4.78 is 7.81. The van der Waals surface area contributed by atoms with E-state index in [1.54, 1.807) is 0 Å². The van der Waals surface area contributed by atoms with Gasteiger partial charge >= 0.3 is 0 Å². The Bertz CT molecular complexity index is 455. The van der Waals surface area contributed by atoms with E-state index in [9.17, 15) is 0 Å². The lowest BCUT2D eigenvalue weighted by Crippen LogP contribution is -2.49. The van der Waals surface area contributed by atoms with Gasteiger partial charge in [0.1, 0.15) is 5.82 Å². The van der Waals surface area contributed by atoms with Gasteiger partial charge in [-0.15, -0.1) is 0 Å². The van der Waals surface area contributed by atoms with Crippen LogP contribution in [0.2, 0.25) is 0 Å². The number of ether oxygens (including phenoxy) is 1. The van der Waals surface area contributed by atoms with Crippen LogP contribution in [0.4, 0.5) is 5.82 Å². The minimum absolute atomic E-state index is 0.148. The van der Waals surface area contributed by atoms with E-state index in [0.717, 1.165) is 31.7 Å². The lowest BCUT2D eigenvalue weighted by molar-refractivity contribution is 0.0292. The molecule has 5 nitrogen and oxygen atoms in total. The molecular formula is C15H28N4O. The molecule has 1 aliphatic rings. The molecule has 1 aliphatic heterocycles. The van der Waals surface area contributed by atoms with Crippen LogP contribution in [0.15, 0.2) is 0 Å². The van der Waals surface area contributed by atoms with Gasteiger partial charge in [-0.2, -0.15) is 5.10 Å². The first-order chi connectivity index (χ1) is 9.43. The van der Waals surface area contributed by atoms with Crippen molar-refractivity contribution in [1.29, 1.82) is 0 Å². The first-order valence-corrected chi connectivity index (χ1v) is 7.60. The summed E-state index contributed by atoms with van der Waals surface area (Å²) in [6.45, 7) is 10.2. The van der Waals surface area contributed by atoms with Crippen molar-refractivity contribution in [3.05, 3.63) is 11.3 Å². The largest absolute Gasteiger partial charge is 0.375 e. The molecule has 0 radical (unpaired) electrons. The van der Waals surface area contributed by atoms with Gasteiger partial charge in [0, 0.05) is 25.2 Å². The zero-order chi connectivity index (χ0) is 14.9. The Morgan fingerprint density at radius 3 is 2.80 bits per heavy atom. The Balaban J connectivity index is 2.38. The SMILES string of the molecule is CCC1COC(C)CN1c1c(CC(C)N)c(C)nn1C. The van der Waals surface area contributed by atoms with Gasteiger partial charge in [0.25, 0.3) is 0 Å². The van der Waals surface area contributed by atoms with E-state index in [1.807, 2.05) is 11.7 Å². The molecule has 2 N–H and O–H groups in total. The lowest BCUT2D eigenvalue weighted by Gasteiger charge is -2.40. The summed E-state index contributed by atoms with van der Waals surface area (Å²) in [6, 6.07) is 0.572. The van der Waals surface area contributed by atoms with Crippen molar-refractivity contribution < 1.29 is 4.74 Å². The number of rotatable bonds is 4. The predicted octanol–water partition coefficient (Wildman–Crippen LogP) is 1.62. The second-order valence-corrected chi connectivity index (χ2v) is 6.05. The van der Waals surface area contributed by atoms with Crippen LogP contribution in [0.1, 0.15) is 38.4 Å².